The van der Waals surface area contributed by atoms with Crippen LogP contribution >= 0.6 is 0 Å². The quantitative estimate of drug-likeness (QED) is 0.596. The molecule has 1 aromatic heterocycles. The highest BCUT2D eigenvalue weighted by Gasteiger charge is 2.44. The number of hydrogen-bond acceptors (Lipinski definition) is 1. The fourth-order valence-corrected chi connectivity index (χ4v) is 4.37. The van der Waals surface area contributed by atoms with Crippen molar-refractivity contribution in [2.45, 2.75) is 57.3 Å². The average Bonchev–Trinajstić information content (AvgIpc) is 3.44. The Morgan fingerprint density at radius 2 is 1.96 bits per heavy atom. The summed E-state index contributed by atoms with van der Waals surface area (Å²) in [4.78, 5) is 4.60. The highest BCUT2D eigenvalue weighted by Crippen LogP contribution is 2.53. The van der Waals surface area contributed by atoms with Crippen LogP contribution in [0, 0.1) is 0 Å². The van der Waals surface area contributed by atoms with E-state index in [0.717, 1.165) is 12.8 Å². The van der Waals surface area contributed by atoms with Crippen LogP contribution in [0.15, 0.2) is 54.8 Å². The van der Waals surface area contributed by atoms with Crippen molar-refractivity contribution in [1.29, 1.82) is 0 Å². The van der Waals surface area contributed by atoms with Crippen LogP contribution in [-0.2, 0) is 11.8 Å². The van der Waals surface area contributed by atoms with E-state index in [1.807, 2.05) is 6.20 Å². The zero-order valence-corrected chi connectivity index (χ0v) is 15.4. The van der Waals surface area contributed by atoms with E-state index in [1.54, 1.807) is 0 Å². The number of nitrogens with zero attached hydrogens (tertiary/aromatic N) is 1. The molecule has 0 radical (unpaired) electrons. The van der Waals surface area contributed by atoms with Crippen LogP contribution in [0.4, 0.5) is 0 Å². The van der Waals surface area contributed by atoms with Crippen molar-refractivity contribution >= 4 is 6.08 Å². The highest BCUT2D eigenvalue weighted by molar-refractivity contribution is 5.56. The normalized spacial score (nSPS) is 20.2. The molecule has 0 amide bonds. The topological polar surface area (TPSA) is 12.9 Å². The minimum absolute atomic E-state index is 0.270. The van der Waals surface area contributed by atoms with Crippen LogP contribution in [0.1, 0.15) is 73.4 Å². The number of hydrogen-bond donors (Lipinski definition) is 0. The van der Waals surface area contributed by atoms with Crippen LogP contribution in [-0.4, -0.2) is 4.98 Å². The summed E-state index contributed by atoms with van der Waals surface area (Å²) >= 11 is 0. The maximum absolute atomic E-state index is 4.60. The fourth-order valence-electron chi connectivity index (χ4n) is 4.37. The molecule has 1 heteroatoms. The first-order chi connectivity index (χ1) is 12.1. The summed E-state index contributed by atoms with van der Waals surface area (Å²) in [6.45, 7) is 8.66. The van der Waals surface area contributed by atoms with Gasteiger partial charge in [-0.2, -0.15) is 0 Å². The molecule has 2 aromatic rings. The molecule has 4 rings (SSSR count). The van der Waals surface area contributed by atoms with Gasteiger partial charge in [-0.3, -0.25) is 4.98 Å². The number of pyridine rings is 1. The van der Waals surface area contributed by atoms with Gasteiger partial charge in [0.2, 0.25) is 0 Å². The Bertz CT molecular complexity index is 822. The summed E-state index contributed by atoms with van der Waals surface area (Å²) in [5.41, 5.74) is 8.49. The number of benzene rings is 1. The standard InChI is InChI=1S/C24H27N/c1-4-19-6-5-7-22-23(19)20(12-15-25-22)16-18-8-10-21(11-9-18)24(13-14-24)17(2)3/h5,7-12,15,19H,2,4,6,13-14,16H2,1,3H3. The molecule has 1 atom stereocenters. The summed E-state index contributed by atoms with van der Waals surface area (Å²) in [7, 11) is 0. The van der Waals surface area contributed by atoms with Crippen molar-refractivity contribution < 1.29 is 0 Å². The van der Waals surface area contributed by atoms with Crippen LogP contribution in [0.3, 0.4) is 0 Å². The predicted molar refractivity (Wildman–Crippen MR) is 106 cm³/mol. The van der Waals surface area contributed by atoms with Crippen molar-refractivity contribution in [2.75, 3.05) is 0 Å². The van der Waals surface area contributed by atoms with Gasteiger partial charge in [0.15, 0.2) is 0 Å². The molecule has 1 aromatic carbocycles. The molecule has 128 valence electrons. The van der Waals surface area contributed by atoms with Gasteiger partial charge in [-0.25, -0.2) is 0 Å². The minimum atomic E-state index is 0.270. The molecular formula is C24H27N. The van der Waals surface area contributed by atoms with Crippen LogP contribution in [0.5, 0.6) is 0 Å². The van der Waals surface area contributed by atoms with Crippen LogP contribution < -0.4 is 0 Å². The van der Waals surface area contributed by atoms with E-state index in [9.17, 15) is 0 Å². The van der Waals surface area contributed by atoms with Gasteiger partial charge in [0, 0.05) is 11.6 Å². The van der Waals surface area contributed by atoms with Gasteiger partial charge < -0.3 is 0 Å². The number of rotatable bonds is 5. The zero-order chi connectivity index (χ0) is 17.4. The largest absolute Gasteiger partial charge is 0.257 e. The van der Waals surface area contributed by atoms with Gasteiger partial charge in [0.1, 0.15) is 0 Å². The molecule has 2 aliphatic carbocycles. The van der Waals surface area contributed by atoms with Gasteiger partial charge in [0.25, 0.3) is 0 Å². The summed E-state index contributed by atoms with van der Waals surface area (Å²) in [5.74, 6) is 0.612. The van der Waals surface area contributed by atoms with Crippen molar-refractivity contribution in [3.05, 3.63) is 82.7 Å². The Morgan fingerprint density at radius 1 is 1.20 bits per heavy atom. The van der Waals surface area contributed by atoms with Gasteiger partial charge in [-0.05, 0) is 79.3 Å². The van der Waals surface area contributed by atoms with E-state index < -0.39 is 0 Å². The fraction of sp³-hybridized carbons (Fsp3) is 0.375. The van der Waals surface area contributed by atoms with Gasteiger partial charge in [-0.15, -0.1) is 0 Å². The molecular weight excluding hydrogens is 302 g/mol. The Hall–Kier alpha value is -2.15. The molecule has 1 fully saturated rings. The third-order valence-electron chi connectivity index (χ3n) is 6.18. The molecule has 0 N–H and O–H groups in total. The van der Waals surface area contributed by atoms with E-state index >= 15 is 0 Å². The molecule has 25 heavy (non-hydrogen) atoms. The SMILES string of the molecule is C=C(C)C1(c2ccc(Cc3ccnc4c3C(CC)CC=C4)cc2)CC1. The Morgan fingerprint density at radius 3 is 2.60 bits per heavy atom. The first kappa shape index (κ1) is 16.3. The number of aromatic nitrogens is 1. The zero-order valence-electron chi connectivity index (χ0n) is 15.4. The van der Waals surface area contributed by atoms with Gasteiger partial charge in [-0.1, -0.05) is 49.4 Å². The lowest BCUT2D eigenvalue weighted by molar-refractivity contribution is 0.657. The molecule has 0 spiro atoms. The molecule has 1 saturated carbocycles. The maximum atomic E-state index is 4.60. The summed E-state index contributed by atoms with van der Waals surface area (Å²) in [5, 5.41) is 0. The molecule has 0 aliphatic heterocycles. The second-order valence-electron chi connectivity index (χ2n) is 7.75. The molecule has 0 bridgehead atoms. The maximum Gasteiger partial charge on any atom is 0.0664 e. The second-order valence-corrected chi connectivity index (χ2v) is 7.75. The monoisotopic (exact) mass is 329 g/mol. The lowest BCUT2D eigenvalue weighted by Crippen LogP contribution is -2.10. The van der Waals surface area contributed by atoms with Crippen molar-refractivity contribution in [1.82, 2.24) is 4.98 Å². The lowest BCUT2D eigenvalue weighted by atomic mass is 9.83. The highest BCUT2D eigenvalue weighted by atomic mass is 14.7. The Balaban J connectivity index is 1.61. The summed E-state index contributed by atoms with van der Waals surface area (Å²) < 4.78 is 0. The first-order valence-electron chi connectivity index (χ1n) is 9.54. The van der Waals surface area contributed by atoms with E-state index in [2.05, 4.69) is 67.9 Å². The van der Waals surface area contributed by atoms with Crippen LogP contribution in [0.2, 0.25) is 0 Å². The Kier molecular flexibility index (Phi) is 4.11. The molecule has 1 unspecified atom stereocenters. The predicted octanol–water partition coefficient (Wildman–Crippen LogP) is 6.19. The smallest absolute Gasteiger partial charge is 0.0664 e. The second kappa shape index (κ2) is 6.29. The Labute approximate surface area is 151 Å². The molecule has 2 aliphatic rings. The van der Waals surface area contributed by atoms with Gasteiger partial charge in [0.05, 0.1) is 5.69 Å². The van der Waals surface area contributed by atoms with E-state index in [0.29, 0.717) is 5.92 Å². The third-order valence-corrected chi connectivity index (χ3v) is 6.18. The average molecular weight is 329 g/mol. The summed E-state index contributed by atoms with van der Waals surface area (Å²) in [6.07, 6.45) is 12.2. The summed E-state index contributed by atoms with van der Waals surface area (Å²) in [6, 6.07) is 11.5. The third kappa shape index (κ3) is 2.86. The molecule has 1 heterocycles. The first-order valence-corrected chi connectivity index (χ1v) is 9.54. The number of allylic oxidation sites excluding steroid dienone is 2. The van der Waals surface area contributed by atoms with Crippen molar-refractivity contribution in [3.8, 4) is 0 Å². The molecule has 1 nitrogen and oxygen atoms in total. The lowest BCUT2D eigenvalue weighted by Gasteiger charge is -2.23. The number of fused-ring (bicyclic) bond motifs is 1. The van der Waals surface area contributed by atoms with E-state index in [4.69, 9.17) is 0 Å². The van der Waals surface area contributed by atoms with E-state index in [-0.39, 0.29) is 5.41 Å². The molecule has 0 saturated heterocycles. The minimum Gasteiger partial charge on any atom is -0.257 e. The van der Waals surface area contributed by atoms with E-state index in [1.165, 1.54) is 52.8 Å². The van der Waals surface area contributed by atoms with Crippen molar-refractivity contribution in [2.24, 2.45) is 0 Å². The van der Waals surface area contributed by atoms with Crippen LogP contribution in [0.25, 0.3) is 6.08 Å². The van der Waals surface area contributed by atoms with Gasteiger partial charge >= 0.3 is 0 Å². The van der Waals surface area contributed by atoms with Crippen molar-refractivity contribution in [3.63, 3.8) is 0 Å².